The molecule has 106 valence electrons. The molecular weight excluding hydrogens is 236 g/mol. The Bertz CT molecular complexity index is 446. The van der Waals surface area contributed by atoms with Gasteiger partial charge in [-0.05, 0) is 45.7 Å². The normalized spacial score (nSPS) is 29.9. The third-order valence-electron chi connectivity index (χ3n) is 4.67. The summed E-state index contributed by atoms with van der Waals surface area (Å²) in [5.41, 5.74) is 3.54. The molecule has 0 saturated heterocycles. The number of aromatic nitrogens is 1. The van der Waals surface area contributed by atoms with Gasteiger partial charge in [0, 0.05) is 23.8 Å². The lowest BCUT2D eigenvalue weighted by Crippen LogP contribution is -2.59. The van der Waals surface area contributed by atoms with Gasteiger partial charge in [-0.2, -0.15) is 0 Å². The monoisotopic (exact) mass is 262 g/mol. The first-order valence-electron chi connectivity index (χ1n) is 7.33. The zero-order valence-electron chi connectivity index (χ0n) is 12.8. The molecule has 1 heterocycles. The Labute approximate surface area is 116 Å². The molecule has 0 aromatic carbocycles. The van der Waals surface area contributed by atoms with Crippen LogP contribution in [0.3, 0.4) is 0 Å². The number of anilines is 1. The fraction of sp³-hybridized carbons (Fsp3) is 0.688. The highest BCUT2D eigenvalue weighted by Gasteiger charge is 2.51. The van der Waals surface area contributed by atoms with Gasteiger partial charge >= 0.3 is 0 Å². The van der Waals surface area contributed by atoms with E-state index in [0.29, 0.717) is 12.1 Å². The Kier molecular flexibility index (Phi) is 4.14. The van der Waals surface area contributed by atoms with E-state index in [0.717, 1.165) is 36.5 Å². The van der Waals surface area contributed by atoms with Crippen LogP contribution in [-0.4, -0.2) is 23.7 Å². The van der Waals surface area contributed by atoms with E-state index in [1.54, 1.807) is 0 Å². The maximum atomic E-state index is 5.85. The summed E-state index contributed by atoms with van der Waals surface area (Å²) in [6.45, 7) is 11.5. The molecule has 19 heavy (non-hydrogen) atoms. The summed E-state index contributed by atoms with van der Waals surface area (Å²) in [6, 6.07) is 4.69. The van der Waals surface area contributed by atoms with Gasteiger partial charge in [0.1, 0.15) is 0 Å². The number of ether oxygens (including phenoxy) is 1. The fourth-order valence-corrected chi connectivity index (χ4v) is 3.00. The van der Waals surface area contributed by atoms with Crippen LogP contribution in [0.25, 0.3) is 0 Å². The molecule has 2 rings (SSSR count). The molecule has 1 saturated carbocycles. The summed E-state index contributed by atoms with van der Waals surface area (Å²) in [7, 11) is 0. The van der Waals surface area contributed by atoms with Gasteiger partial charge < -0.3 is 10.1 Å². The number of pyridine rings is 1. The second kappa shape index (κ2) is 5.49. The van der Waals surface area contributed by atoms with Crippen LogP contribution in [0.5, 0.6) is 0 Å². The van der Waals surface area contributed by atoms with Gasteiger partial charge in [0.15, 0.2) is 0 Å². The van der Waals surface area contributed by atoms with Crippen molar-refractivity contribution in [3.63, 3.8) is 0 Å². The molecular formula is C16H26N2O. The van der Waals surface area contributed by atoms with Crippen molar-refractivity contribution in [2.75, 3.05) is 11.9 Å². The maximum absolute atomic E-state index is 5.85. The average molecular weight is 262 g/mol. The molecule has 0 amide bonds. The molecule has 0 spiro atoms. The van der Waals surface area contributed by atoms with Crippen LogP contribution in [0.1, 0.15) is 45.0 Å². The lowest BCUT2D eigenvalue weighted by molar-refractivity contribution is -0.109. The average Bonchev–Trinajstić information content (AvgIpc) is 2.39. The predicted octanol–water partition coefficient (Wildman–Crippen LogP) is 3.70. The van der Waals surface area contributed by atoms with Crippen LogP contribution in [0, 0.1) is 19.3 Å². The zero-order chi connectivity index (χ0) is 14.0. The van der Waals surface area contributed by atoms with E-state index in [4.69, 9.17) is 4.74 Å². The van der Waals surface area contributed by atoms with Crippen molar-refractivity contribution in [3.8, 4) is 0 Å². The highest BCUT2D eigenvalue weighted by atomic mass is 16.5. The Morgan fingerprint density at radius 2 is 2.11 bits per heavy atom. The molecule has 1 N–H and O–H groups in total. The molecule has 0 aliphatic heterocycles. The number of hydrogen-bond donors (Lipinski definition) is 1. The number of aryl methyl sites for hydroxylation is 2. The van der Waals surface area contributed by atoms with Crippen LogP contribution < -0.4 is 5.32 Å². The van der Waals surface area contributed by atoms with Crippen LogP contribution in [-0.2, 0) is 4.74 Å². The summed E-state index contributed by atoms with van der Waals surface area (Å²) in [5.74, 6) is 0. The third-order valence-corrected chi connectivity index (χ3v) is 4.67. The van der Waals surface area contributed by atoms with Crippen molar-refractivity contribution in [2.45, 2.75) is 59.6 Å². The number of nitrogens with one attached hydrogen (secondary N) is 1. The van der Waals surface area contributed by atoms with Gasteiger partial charge in [-0.15, -0.1) is 0 Å². The second-order valence-electron chi connectivity index (χ2n) is 5.82. The van der Waals surface area contributed by atoms with Gasteiger partial charge in [-0.1, -0.05) is 13.8 Å². The van der Waals surface area contributed by atoms with Crippen LogP contribution in [0.15, 0.2) is 12.1 Å². The van der Waals surface area contributed by atoms with E-state index < -0.39 is 0 Å². The first-order valence-corrected chi connectivity index (χ1v) is 7.33. The van der Waals surface area contributed by atoms with Crippen LogP contribution in [0.2, 0.25) is 0 Å². The molecule has 1 aromatic rings. The minimum atomic E-state index is 0.230. The first kappa shape index (κ1) is 14.3. The smallest absolute Gasteiger partial charge is 0.0667 e. The Morgan fingerprint density at radius 3 is 2.68 bits per heavy atom. The SMILES string of the molecule is CCOC1CC(Nc2ccc(C)nc2C)C1(C)CC. The Hall–Kier alpha value is -1.09. The minimum absolute atomic E-state index is 0.230. The zero-order valence-corrected chi connectivity index (χ0v) is 12.8. The molecule has 3 heteroatoms. The quantitative estimate of drug-likeness (QED) is 0.878. The standard InChI is InChI=1S/C16H26N2O/c1-6-16(5)14(10-15(16)19-7-2)18-13-9-8-11(3)17-12(13)4/h8-9,14-15,18H,6-7,10H2,1-5H3. The van der Waals surface area contributed by atoms with E-state index in [-0.39, 0.29) is 5.41 Å². The largest absolute Gasteiger partial charge is 0.380 e. The highest BCUT2D eigenvalue weighted by molar-refractivity contribution is 5.49. The summed E-state index contributed by atoms with van der Waals surface area (Å²) < 4.78 is 5.85. The van der Waals surface area contributed by atoms with Gasteiger partial charge in [-0.3, -0.25) is 4.98 Å². The van der Waals surface area contributed by atoms with Crippen molar-refractivity contribution < 1.29 is 4.74 Å². The third kappa shape index (κ3) is 2.62. The Morgan fingerprint density at radius 1 is 1.37 bits per heavy atom. The molecule has 1 aliphatic carbocycles. The lowest BCUT2D eigenvalue weighted by atomic mass is 9.61. The minimum Gasteiger partial charge on any atom is -0.380 e. The lowest BCUT2D eigenvalue weighted by Gasteiger charge is -2.54. The molecule has 3 unspecified atom stereocenters. The molecule has 1 fully saturated rings. The molecule has 0 radical (unpaired) electrons. The van der Waals surface area contributed by atoms with Crippen LogP contribution >= 0.6 is 0 Å². The van der Waals surface area contributed by atoms with Gasteiger partial charge in [-0.25, -0.2) is 0 Å². The maximum Gasteiger partial charge on any atom is 0.0667 e. The highest BCUT2D eigenvalue weighted by Crippen LogP contribution is 2.47. The first-order chi connectivity index (χ1) is 9.01. The van der Waals surface area contributed by atoms with Gasteiger partial charge in [0.2, 0.25) is 0 Å². The topological polar surface area (TPSA) is 34.1 Å². The number of hydrogen-bond acceptors (Lipinski definition) is 3. The van der Waals surface area contributed by atoms with E-state index in [2.05, 4.69) is 50.1 Å². The van der Waals surface area contributed by atoms with Crippen molar-refractivity contribution in [1.82, 2.24) is 4.98 Å². The predicted molar refractivity (Wildman–Crippen MR) is 79.6 cm³/mol. The van der Waals surface area contributed by atoms with Crippen molar-refractivity contribution in [1.29, 1.82) is 0 Å². The molecule has 0 bridgehead atoms. The number of rotatable bonds is 5. The van der Waals surface area contributed by atoms with Crippen molar-refractivity contribution in [3.05, 3.63) is 23.5 Å². The van der Waals surface area contributed by atoms with Crippen LogP contribution in [0.4, 0.5) is 5.69 Å². The Balaban J connectivity index is 2.08. The fourth-order valence-electron chi connectivity index (χ4n) is 3.00. The van der Waals surface area contributed by atoms with E-state index >= 15 is 0 Å². The number of nitrogens with zero attached hydrogens (tertiary/aromatic N) is 1. The summed E-state index contributed by atoms with van der Waals surface area (Å²) in [5, 5.41) is 3.66. The summed E-state index contributed by atoms with van der Waals surface area (Å²) in [6.07, 6.45) is 2.61. The molecule has 3 nitrogen and oxygen atoms in total. The summed E-state index contributed by atoms with van der Waals surface area (Å²) in [4.78, 5) is 4.52. The van der Waals surface area contributed by atoms with E-state index in [9.17, 15) is 0 Å². The van der Waals surface area contributed by atoms with E-state index in [1.165, 1.54) is 0 Å². The van der Waals surface area contributed by atoms with E-state index in [1.807, 2.05) is 6.92 Å². The van der Waals surface area contributed by atoms with Crippen molar-refractivity contribution >= 4 is 5.69 Å². The van der Waals surface area contributed by atoms with Crippen molar-refractivity contribution in [2.24, 2.45) is 5.41 Å². The van der Waals surface area contributed by atoms with Gasteiger partial charge in [0.05, 0.1) is 17.5 Å². The summed E-state index contributed by atoms with van der Waals surface area (Å²) >= 11 is 0. The molecule has 3 atom stereocenters. The van der Waals surface area contributed by atoms with Gasteiger partial charge in [0.25, 0.3) is 0 Å². The molecule has 1 aromatic heterocycles. The second-order valence-corrected chi connectivity index (χ2v) is 5.82. The molecule has 1 aliphatic rings.